The Labute approximate surface area is 113 Å². The summed E-state index contributed by atoms with van der Waals surface area (Å²) in [6.07, 6.45) is 2.85. The number of hydrogen-bond acceptors (Lipinski definition) is 4. The molecule has 4 heteroatoms. The molecule has 2 N–H and O–H groups in total. The van der Waals surface area contributed by atoms with Gasteiger partial charge in [0.1, 0.15) is 5.60 Å². The second-order valence-corrected chi connectivity index (χ2v) is 6.22. The first-order valence-corrected chi connectivity index (χ1v) is 6.95. The van der Waals surface area contributed by atoms with Gasteiger partial charge in [0.05, 0.1) is 12.2 Å². The highest BCUT2D eigenvalue weighted by atomic mass is 16.3. The van der Waals surface area contributed by atoms with Gasteiger partial charge in [0.2, 0.25) is 0 Å². The van der Waals surface area contributed by atoms with Gasteiger partial charge in [-0.3, -0.25) is 9.59 Å². The molecule has 2 rings (SSSR count). The van der Waals surface area contributed by atoms with Crippen LogP contribution in [0.25, 0.3) is 0 Å². The third-order valence-electron chi connectivity index (χ3n) is 5.04. The molecule has 0 aromatic rings. The molecule has 2 aliphatic rings. The van der Waals surface area contributed by atoms with Crippen molar-refractivity contribution >= 4 is 11.6 Å². The Hall–Kier alpha value is -1.16. The summed E-state index contributed by atoms with van der Waals surface area (Å²) in [5.74, 6) is -1.37. The Balaban J connectivity index is 2.41. The molecule has 5 atom stereocenters. The van der Waals surface area contributed by atoms with E-state index < -0.39 is 11.5 Å². The Kier molecular flexibility index (Phi) is 3.56. The molecular formula is C15H22O4. The van der Waals surface area contributed by atoms with Crippen molar-refractivity contribution in [2.24, 2.45) is 23.7 Å². The van der Waals surface area contributed by atoms with E-state index in [0.717, 1.165) is 19.1 Å². The molecule has 0 bridgehead atoms. The van der Waals surface area contributed by atoms with E-state index in [9.17, 15) is 14.7 Å². The molecule has 0 saturated heterocycles. The van der Waals surface area contributed by atoms with Gasteiger partial charge in [-0.1, -0.05) is 13.8 Å². The van der Waals surface area contributed by atoms with Gasteiger partial charge < -0.3 is 10.2 Å². The van der Waals surface area contributed by atoms with Gasteiger partial charge in [-0.05, 0) is 38.0 Å². The number of aliphatic hydroxyl groups is 2. The fraction of sp³-hybridized carbons (Fsp3) is 0.733. The molecular weight excluding hydrogens is 244 g/mol. The number of rotatable bonds is 2. The molecule has 0 aliphatic heterocycles. The molecule has 0 spiro atoms. The highest BCUT2D eigenvalue weighted by Gasteiger charge is 2.61. The summed E-state index contributed by atoms with van der Waals surface area (Å²) in [5.41, 5.74) is -1.32. The number of aliphatic hydroxyl groups excluding tert-OH is 1. The number of carbonyl (C=O) groups is 2. The van der Waals surface area contributed by atoms with Crippen molar-refractivity contribution in [1.82, 2.24) is 0 Å². The molecule has 19 heavy (non-hydrogen) atoms. The highest BCUT2D eigenvalue weighted by Crippen LogP contribution is 2.52. The van der Waals surface area contributed by atoms with Crippen molar-refractivity contribution in [2.75, 3.05) is 0 Å². The summed E-state index contributed by atoms with van der Waals surface area (Å²) in [5, 5.41) is 19.9. The van der Waals surface area contributed by atoms with Crippen LogP contribution in [0.4, 0.5) is 0 Å². The van der Waals surface area contributed by atoms with Crippen molar-refractivity contribution in [3.63, 3.8) is 0 Å². The number of fused-ring (bicyclic) bond motifs is 1. The second-order valence-electron chi connectivity index (χ2n) is 6.22. The van der Waals surface area contributed by atoms with Crippen molar-refractivity contribution in [2.45, 2.75) is 45.6 Å². The molecule has 0 heterocycles. The average molecular weight is 266 g/mol. The van der Waals surface area contributed by atoms with E-state index in [1.54, 1.807) is 0 Å². The van der Waals surface area contributed by atoms with Gasteiger partial charge in [-0.2, -0.15) is 0 Å². The molecule has 0 radical (unpaired) electrons. The van der Waals surface area contributed by atoms with Gasteiger partial charge in [0.25, 0.3) is 0 Å². The van der Waals surface area contributed by atoms with Crippen LogP contribution in [-0.4, -0.2) is 27.4 Å². The zero-order valence-electron chi connectivity index (χ0n) is 11.7. The van der Waals surface area contributed by atoms with Gasteiger partial charge in [0, 0.05) is 11.5 Å². The van der Waals surface area contributed by atoms with E-state index in [1.165, 1.54) is 6.92 Å². The van der Waals surface area contributed by atoms with Crippen molar-refractivity contribution in [3.05, 3.63) is 11.8 Å². The first kappa shape index (κ1) is 14.3. The minimum absolute atomic E-state index is 0.128. The van der Waals surface area contributed by atoms with Gasteiger partial charge in [0.15, 0.2) is 11.6 Å². The minimum Gasteiger partial charge on any atom is -0.515 e. The maximum Gasteiger partial charge on any atom is 0.168 e. The van der Waals surface area contributed by atoms with E-state index in [2.05, 4.69) is 0 Å². The third kappa shape index (κ3) is 1.93. The maximum atomic E-state index is 12.4. The van der Waals surface area contributed by atoms with Crippen molar-refractivity contribution < 1.29 is 19.8 Å². The third-order valence-corrected chi connectivity index (χ3v) is 5.04. The number of allylic oxidation sites excluding steroid dienone is 1. The Bertz CT molecular complexity index is 439. The zero-order chi connectivity index (χ0) is 14.4. The number of hydrogen-bond donors (Lipinski definition) is 2. The maximum absolute atomic E-state index is 12.4. The summed E-state index contributed by atoms with van der Waals surface area (Å²) in [7, 11) is 0. The molecule has 0 aromatic heterocycles. The van der Waals surface area contributed by atoms with Crippen LogP contribution < -0.4 is 0 Å². The first-order chi connectivity index (χ1) is 8.83. The largest absolute Gasteiger partial charge is 0.515 e. The van der Waals surface area contributed by atoms with Crippen LogP contribution in [0.2, 0.25) is 0 Å². The monoisotopic (exact) mass is 266 g/mol. The zero-order valence-corrected chi connectivity index (χ0v) is 11.7. The standard InChI is InChI=1S/C15H22O4/c1-8-4-5-11-9(2)6-12(13(17)10(3)7-16)15(11,19)14(8)18/h7-9,11-12,16,19H,4-6H2,1-3H3/b10-7+/t8-,9+,11-,12+,15+/m1/s1. The van der Waals surface area contributed by atoms with E-state index in [4.69, 9.17) is 5.11 Å². The molecule has 2 saturated carbocycles. The Morgan fingerprint density at radius 2 is 2.00 bits per heavy atom. The molecule has 0 amide bonds. The van der Waals surface area contributed by atoms with Crippen LogP contribution in [0, 0.1) is 23.7 Å². The SMILES string of the molecule is C/C(=C\O)C(=O)[C@@H]1C[C@H](C)[C@H]2CC[C@@H](C)C(=O)[C@]21O. The van der Waals surface area contributed by atoms with E-state index in [0.29, 0.717) is 6.42 Å². The lowest BCUT2D eigenvalue weighted by Crippen LogP contribution is -2.55. The number of Topliss-reactive ketones (excluding diaryl/α,β-unsaturated/α-hetero) is 2. The quantitative estimate of drug-likeness (QED) is 0.592. The topological polar surface area (TPSA) is 74.6 Å². The molecule has 0 aromatic carbocycles. The fourth-order valence-corrected chi connectivity index (χ4v) is 3.87. The summed E-state index contributed by atoms with van der Waals surface area (Å²) >= 11 is 0. The Morgan fingerprint density at radius 1 is 1.37 bits per heavy atom. The highest BCUT2D eigenvalue weighted by molar-refractivity contribution is 6.03. The molecule has 4 nitrogen and oxygen atoms in total. The number of ketones is 2. The summed E-state index contributed by atoms with van der Waals surface area (Å²) in [4.78, 5) is 24.7. The lowest BCUT2D eigenvalue weighted by Gasteiger charge is -2.40. The predicted octanol–water partition coefficient (Wildman–Crippen LogP) is 2.02. The number of carbonyl (C=O) groups excluding carboxylic acids is 2. The molecule has 2 aliphatic carbocycles. The summed E-state index contributed by atoms with van der Waals surface area (Å²) in [6, 6.07) is 0. The fourth-order valence-electron chi connectivity index (χ4n) is 3.87. The van der Waals surface area contributed by atoms with Crippen molar-refractivity contribution in [1.29, 1.82) is 0 Å². The van der Waals surface area contributed by atoms with Crippen LogP contribution in [0.3, 0.4) is 0 Å². The van der Waals surface area contributed by atoms with E-state index >= 15 is 0 Å². The molecule has 106 valence electrons. The lowest BCUT2D eigenvalue weighted by atomic mass is 9.66. The normalized spacial score (nSPS) is 43.2. The molecule has 2 fully saturated rings. The summed E-state index contributed by atoms with van der Waals surface area (Å²) in [6.45, 7) is 5.32. The summed E-state index contributed by atoms with van der Waals surface area (Å²) < 4.78 is 0. The van der Waals surface area contributed by atoms with E-state index in [-0.39, 0.29) is 34.9 Å². The Morgan fingerprint density at radius 3 is 2.58 bits per heavy atom. The van der Waals surface area contributed by atoms with Crippen LogP contribution in [-0.2, 0) is 9.59 Å². The van der Waals surface area contributed by atoms with Crippen molar-refractivity contribution in [3.8, 4) is 0 Å². The van der Waals surface area contributed by atoms with Crippen LogP contribution in [0.1, 0.15) is 40.0 Å². The second kappa shape index (κ2) is 4.75. The van der Waals surface area contributed by atoms with Crippen LogP contribution in [0.15, 0.2) is 11.8 Å². The lowest BCUT2D eigenvalue weighted by molar-refractivity contribution is -0.160. The minimum atomic E-state index is -1.53. The molecule has 0 unspecified atom stereocenters. The smallest absolute Gasteiger partial charge is 0.168 e. The van der Waals surface area contributed by atoms with Gasteiger partial charge in [-0.15, -0.1) is 0 Å². The van der Waals surface area contributed by atoms with Crippen LogP contribution >= 0.6 is 0 Å². The average Bonchev–Trinajstić information content (AvgIpc) is 2.66. The van der Waals surface area contributed by atoms with E-state index in [1.807, 2.05) is 13.8 Å². The predicted molar refractivity (Wildman–Crippen MR) is 70.5 cm³/mol. The van der Waals surface area contributed by atoms with Crippen LogP contribution in [0.5, 0.6) is 0 Å². The van der Waals surface area contributed by atoms with Gasteiger partial charge in [-0.25, -0.2) is 0 Å². The van der Waals surface area contributed by atoms with Gasteiger partial charge >= 0.3 is 0 Å². The first-order valence-electron chi connectivity index (χ1n) is 6.95.